The van der Waals surface area contributed by atoms with Crippen LogP contribution in [-0.4, -0.2) is 59.5 Å². The van der Waals surface area contributed by atoms with E-state index >= 15 is 0 Å². The van der Waals surface area contributed by atoms with E-state index in [-0.39, 0.29) is 35.7 Å². The predicted molar refractivity (Wildman–Crippen MR) is 147 cm³/mol. The van der Waals surface area contributed by atoms with Gasteiger partial charge in [0.05, 0.1) is 5.39 Å². The number of rotatable bonds is 6. The van der Waals surface area contributed by atoms with Crippen molar-refractivity contribution in [3.05, 3.63) is 33.7 Å². The third-order valence-corrected chi connectivity index (χ3v) is 9.17. The molecule has 0 spiro atoms. The summed E-state index contributed by atoms with van der Waals surface area (Å²) in [7, 11) is 0. The first kappa shape index (κ1) is 26.2. The zero-order valence-electron chi connectivity index (χ0n) is 23.4. The molecule has 5 heterocycles. The van der Waals surface area contributed by atoms with Gasteiger partial charge >= 0.3 is 5.63 Å². The Bertz CT molecular complexity index is 1350. The summed E-state index contributed by atoms with van der Waals surface area (Å²) in [6.07, 6.45) is 7.95. The average Bonchev–Trinajstić information content (AvgIpc) is 2.89. The molecular formula is C31H40N2O6. The second kappa shape index (κ2) is 10.2. The molecule has 0 saturated carbocycles. The molecule has 8 heteroatoms. The van der Waals surface area contributed by atoms with E-state index in [0.29, 0.717) is 48.4 Å². The highest BCUT2D eigenvalue weighted by atomic mass is 16.5. The largest absolute Gasteiger partial charge is 0.487 e. The minimum absolute atomic E-state index is 0.0418. The second-order valence-electron chi connectivity index (χ2n) is 12.6. The number of aryl methyl sites for hydroxylation is 2. The molecule has 0 radical (unpaired) electrons. The number of nitrogens with zero attached hydrogens (tertiary/aromatic N) is 2. The lowest BCUT2D eigenvalue weighted by Crippen LogP contribution is -2.61. The molecule has 4 aliphatic rings. The van der Waals surface area contributed by atoms with Crippen LogP contribution >= 0.6 is 0 Å². The van der Waals surface area contributed by atoms with Crippen molar-refractivity contribution >= 4 is 22.8 Å². The maximum Gasteiger partial charge on any atom is 0.336 e. The summed E-state index contributed by atoms with van der Waals surface area (Å²) in [5, 5.41) is 0.782. The molecule has 2 aromatic rings. The molecule has 2 amide bonds. The first-order chi connectivity index (χ1) is 18.7. The van der Waals surface area contributed by atoms with Crippen LogP contribution in [0.2, 0.25) is 0 Å². The molecule has 0 N–H and O–H groups in total. The summed E-state index contributed by atoms with van der Waals surface area (Å²) < 4.78 is 18.3. The van der Waals surface area contributed by atoms with Gasteiger partial charge in [-0.1, -0.05) is 13.3 Å². The third-order valence-electron chi connectivity index (χ3n) is 9.17. The highest BCUT2D eigenvalue weighted by Gasteiger charge is 2.44. The number of carbonyl (C=O) groups is 2. The fourth-order valence-electron chi connectivity index (χ4n) is 7.24. The molecule has 3 atom stereocenters. The first-order valence-electron chi connectivity index (χ1n) is 14.7. The zero-order valence-corrected chi connectivity index (χ0v) is 23.4. The SMILES string of the molecule is CCCCc1cc(=O)oc2c3c(cc(OCC(=O)N4C[C@H]5C[C@@H](C4)[C@H]4CCCC(=O)N4C5)c12)OC(C)(C)CC3. The Morgan fingerprint density at radius 1 is 1.15 bits per heavy atom. The van der Waals surface area contributed by atoms with Gasteiger partial charge in [-0.25, -0.2) is 4.79 Å². The van der Waals surface area contributed by atoms with Crippen molar-refractivity contribution in [1.29, 1.82) is 0 Å². The van der Waals surface area contributed by atoms with E-state index in [2.05, 4.69) is 11.8 Å². The number of ether oxygens (including phenoxy) is 2. The quantitative estimate of drug-likeness (QED) is 0.506. The molecule has 39 heavy (non-hydrogen) atoms. The van der Waals surface area contributed by atoms with Gasteiger partial charge in [0.15, 0.2) is 6.61 Å². The zero-order chi connectivity index (χ0) is 27.3. The minimum Gasteiger partial charge on any atom is -0.487 e. The Balaban J connectivity index is 1.26. The second-order valence-corrected chi connectivity index (χ2v) is 12.6. The third kappa shape index (κ3) is 5.03. The Morgan fingerprint density at radius 2 is 2.00 bits per heavy atom. The molecule has 210 valence electrons. The monoisotopic (exact) mass is 536 g/mol. The van der Waals surface area contributed by atoms with E-state index in [9.17, 15) is 14.4 Å². The average molecular weight is 537 g/mol. The maximum atomic E-state index is 13.5. The maximum absolute atomic E-state index is 13.5. The fraction of sp³-hybridized carbons (Fsp3) is 0.645. The molecule has 3 fully saturated rings. The van der Waals surface area contributed by atoms with Crippen molar-refractivity contribution in [3.8, 4) is 11.5 Å². The van der Waals surface area contributed by atoms with Gasteiger partial charge in [0.25, 0.3) is 5.91 Å². The molecule has 1 aromatic carbocycles. The summed E-state index contributed by atoms with van der Waals surface area (Å²) in [4.78, 5) is 42.5. The lowest BCUT2D eigenvalue weighted by Gasteiger charge is -2.52. The first-order valence-corrected chi connectivity index (χ1v) is 14.7. The molecule has 3 saturated heterocycles. The van der Waals surface area contributed by atoms with Gasteiger partial charge in [0.2, 0.25) is 5.91 Å². The topological polar surface area (TPSA) is 89.3 Å². The molecule has 1 aromatic heterocycles. The van der Waals surface area contributed by atoms with Crippen LogP contribution in [0.1, 0.15) is 76.8 Å². The van der Waals surface area contributed by atoms with Crippen LogP contribution in [-0.2, 0) is 22.4 Å². The number of unbranched alkanes of at least 4 members (excludes halogenated alkanes) is 1. The number of fused-ring (bicyclic) bond motifs is 7. The number of piperidine rings is 3. The van der Waals surface area contributed by atoms with E-state index in [0.717, 1.165) is 74.4 Å². The van der Waals surface area contributed by atoms with Crippen molar-refractivity contribution in [1.82, 2.24) is 9.80 Å². The Kier molecular flexibility index (Phi) is 6.84. The highest BCUT2D eigenvalue weighted by molar-refractivity contribution is 5.92. The minimum atomic E-state index is -0.371. The lowest BCUT2D eigenvalue weighted by atomic mass is 9.76. The fourth-order valence-corrected chi connectivity index (χ4v) is 7.24. The molecule has 6 rings (SSSR count). The number of hydrogen-bond acceptors (Lipinski definition) is 6. The lowest BCUT2D eigenvalue weighted by molar-refractivity contribution is -0.149. The molecule has 8 nitrogen and oxygen atoms in total. The van der Waals surface area contributed by atoms with Crippen molar-refractivity contribution in [2.24, 2.45) is 11.8 Å². The van der Waals surface area contributed by atoms with Gasteiger partial charge in [0.1, 0.15) is 22.7 Å². The Hall–Kier alpha value is -3.03. The van der Waals surface area contributed by atoms with Crippen LogP contribution in [0.3, 0.4) is 0 Å². The van der Waals surface area contributed by atoms with Crippen molar-refractivity contribution < 1.29 is 23.5 Å². The van der Waals surface area contributed by atoms with Crippen LogP contribution < -0.4 is 15.1 Å². The molecule has 0 unspecified atom stereocenters. The van der Waals surface area contributed by atoms with Crippen LogP contribution in [0.15, 0.2) is 21.3 Å². The number of hydrogen-bond donors (Lipinski definition) is 0. The van der Waals surface area contributed by atoms with Crippen molar-refractivity contribution in [3.63, 3.8) is 0 Å². The van der Waals surface area contributed by atoms with Gasteiger partial charge < -0.3 is 23.7 Å². The number of carbonyl (C=O) groups excluding carboxylic acids is 2. The van der Waals surface area contributed by atoms with Gasteiger partial charge in [-0.05, 0) is 76.2 Å². The summed E-state index contributed by atoms with van der Waals surface area (Å²) in [6.45, 7) is 8.22. The summed E-state index contributed by atoms with van der Waals surface area (Å²) in [6, 6.07) is 3.71. The highest BCUT2D eigenvalue weighted by Crippen LogP contribution is 2.43. The van der Waals surface area contributed by atoms with E-state index in [1.807, 2.05) is 24.8 Å². The number of amides is 2. The molecule has 2 bridgehead atoms. The van der Waals surface area contributed by atoms with Gasteiger partial charge in [-0.3, -0.25) is 9.59 Å². The van der Waals surface area contributed by atoms with Gasteiger partial charge in [-0.15, -0.1) is 0 Å². The summed E-state index contributed by atoms with van der Waals surface area (Å²) in [5.74, 6) is 2.08. The van der Waals surface area contributed by atoms with Crippen molar-refractivity contribution in [2.45, 2.75) is 90.2 Å². The summed E-state index contributed by atoms with van der Waals surface area (Å²) >= 11 is 0. The predicted octanol–water partition coefficient (Wildman–Crippen LogP) is 4.48. The normalized spacial score (nSPS) is 25.6. The van der Waals surface area contributed by atoms with E-state index < -0.39 is 0 Å². The number of benzene rings is 1. The van der Waals surface area contributed by atoms with E-state index in [1.165, 1.54) is 0 Å². The molecule has 0 aliphatic carbocycles. The Labute approximate surface area is 229 Å². The van der Waals surface area contributed by atoms with E-state index in [4.69, 9.17) is 13.9 Å². The van der Waals surface area contributed by atoms with E-state index in [1.54, 1.807) is 6.07 Å². The molecule has 4 aliphatic heterocycles. The standard InChI is InChI=1S/C31H40N2O6/c1-4-5-7-20-13-28(36)38-30-22-10-11-31(2,3)39-24(22)14-25(29(20)30)37-18-27(35)32-15-19-12-21(17-32)23-8-6-9-26(34)33(23)16-19/h13-14,19,21,23H,4-12,15-18H2,1-3H3/t19-,21+,23-/m1/s1. The number of likely N-dealkylation sites (tertiary alicyclic amines) is 1. The Morgan fingerprint density at radius 3 is 2.82 bits per heavy atom. The van der Waals surface area contributed by atoms with Crippen LogP contribution in [0, 0.1) is 11.8 Å². The van der Waals surface area contributed by atoms with Crippen LogP contribution in [0.25, 0.3) is 11.0 Å². The molecular weight excluding hydrogens is 496 g/mol. The van der Waals surface area contributed by atoms with Crippen LogP contribution in [0.4, 0.5) is 0 Å². The van der Waals surface area contributed by atoms with Crippen molar-refractivity contribution in [2.75, 3.05) is 26.2 Å². The summed E-state index contributed by atoms with van der Waals surface area (Å²) in [5.41, 5.74) is 1.61. The van der Waals surface area contributed by atoms with Gasteiger partial charge in [0, 0.05) is 49.8 Å². The van der Waals surface area contributed by atoms with Gasteiger partial charge in [-0.2, -0.15) is 0 Å². The smallest absolute Gasteiger partial charge is 0.336 e. The van der Waals surface area contributed by atoms with Crippen LogP contribution in [0.5, 0.6) is 11.5 Å².